The van der Waals surface area contributed by atoms with E-state index in [0.29, 0.717) is 11.5 Å². The van der Waals surface area contributed by atoms with Gasteiger partial charge in [0.05, 0.1) is 6.61 Å². The zero-order valence-electron chi connectivity index (χ0n) is 8.47. The van der Waals surface area contributed by atoms with Crippen LogP contribution in [0.25, 0.3) is 0 Å². The number of ether oxygens (including phenoxy) is 1. The standard InChI is InChI=1S/C9H14ClN3O2/c1-3-15-8(14)7(13-9(11)12)5-4-6(2)10/h5H,2-4H2,1H3,(H4,11,12,13). The molecule has 0 heterocycles. The number of guanidine groups is 1. The van der Waals surface area contributed by atoms with Gasteiger partial charge in [-0.2, -0.15) is 0 Å². The van der Waals surface area contributed by atoms with Crippen LogP contribution >= 0.6 is 11.6 Å². The lowest BCUT2D eigenvalue weighted by atomic mass is 10.3. The smallest absolute Gasteiger partial charge is 0.354 e. The number of carbonyl (C=O) groups is 1. The lowest BCUT2D eigenvalue weighted by Gasteiger charge is -2.08. The third-order valence-corrected chi connectivity index (χ3v) is 1.45. The molecule has 6 heteroatoms. The molecule has 0 amide bonds. The first-order chi connectivity index (χ1) is 6.97. The van der Waals surface area contributed by atoms with Crippen LogP contribution in [0.4, 0.5) is 0 Å². The molecule has 0 saturated heterocycles. The summed E-state index contributed by atoms with van der Waals surface area (Å²) in [6.45, 7) is 5.40. The zero-order chi connectivity index (χ0) is 11.8. The Hall–Kier alpha value is -1.49. The first-order valence-corrected chi connectivity index (χ1v) is 4.66. The van der Waals surface area contributed by atoms with Gasteiger partial charge in [0, 0.05) is 11.5 Å². The van der Waals surface area contributed by atoms with Gasteiger partial charge in [-0.3, -0.25) is 5.41 Å². The van der Waals surface area contributed by atoms with Crippen molar-refractivity contribution in [3.05, 3.63) is 23.4 Å². The van der Waals surface area contributed by atoms with Gasteiger partial charge in [0.2, 0.25) is 0 Å². The van der Waals surface area contributed by atoms with E-state index in [-0.39, 0.29) is 18.3 Å². The molecule has 4 N–H and O–H groups in total. The van der Waals surface area contributed by atoms with Crippen LogP contribution < -0.4 is 11.1 Å². The van der Waals surface area contributed by atoms with Crippen LogP contribution in [0.1, 0.15) is 13.3 Å². The van der Waals surface area contributed by atoms with Crippen LogP contribution in [0, 0.1) is 5.41 Å². The minimum absolute atomic E-state index is 0.0890. The minimum atomic E-state index is -0.578. The van der Waals surface area contributed by atoms with Crippen LogP contribution in [0.2, 0.25) is 0 Å². The second-order valence-electron chi connectivity index (χ2n) is 2.60. The van der Waals surface area contributed by atoms with Gasteiger partial charge in [-0.1, -0.05) is 18.2 Å². The van der Waals surface area contributed by atoms with E-state index in [9.17, 15) is 4.79 Å². The summed E-state index contributed by atoms with van der Waals surface area (Å²) in [5.41, 5.74) is 5.19. The molecule has 0 spiro atoms. The summed E-state index contributed by atoms with van der Waals surface area (Å²) >= 11 is 5.54. The van der Waals surface area contributed by atoms with Crippen LogP contribution in [0.15, 0.2) is 23.4 Å². The summed E-state index contributed by atoms with van der Waals surface area (Å²) < 4.78 is 4.74. The van der Waals surface area contributed by atoms with E-state index < -0.39 is 5.97 Å². The van der Waals surface area contributed by atoms with Gasteiger partial charge >= 0.3 is 5.97 Å². The monoisotopic (exact) mass is 231 g/mol. The highest BCUT2D eigenvalue weighted by molar-refractivity contribution is 6.29. The maximum atomic E-state index is 11.3. The van der Waals surface area contributed by atoms with Crippen molar-refractivity contribution < 1.29 is 9.53 Å². The average molecular weight is 232 g/mol. The normalized spacial score (nSPS) is 10.7. The molecule has 0 fully saturated rings. The Morgan fingerprint density at radius 1 is 1.73 bits per heavy atom. The number of nitrogens with two attached hydrogens (primary N) is 1. The van der Waals surface area contributed by atoms with Crippen molar-refractivity contribution in [3.63, 3.8) is 0 Å². The molecule has 0 atom stereocenters. The van der Waals surface area contributed by atoms with Crippen molar-refractivity contribution in [1.29, 1.82) is 5.41 Å². The Balaban J connectivity index is 4.56. The Morgan fingerprint density at radius 2 is 2.33 bits per heavy atom. The highest BCUT2D eigenvalue weighted by atomic mass is 35.5. The van der Waals surface area contributed by atoms with E-state index in [0.717, 1.165) is 0 Å². The summed E-state index contributed by atoms with van der Waals surface area (Å²) in [4.78, 5) is 11.3. The summed E-state index contributed by atoms with van der Waals surface area (Å²) in [7, 11) is 0. The Morgan fingerprint density at radius 3 is 2.73 bits per heavy atom. The SMILES string of the molecule is C=C(Cl)CC=C(NC(=N)N)C(=O)OCC. The second kappa shape index (κ2) is 6.89. The van der Waals surface area contributed by atoms with Gasteiger partial charge in [0.1, 0.15) is 5.70 Å². The Bertz CT molecular complexity index is 300. The fourth-order valence-corrected chi connectivity index (χ4v) is 0.829. The van der Waals surface area contributed by atoms with Crippen molar-refractivity contribution >= 4 is 23.5 Å². The van der Waals surface area contributed by atoms with E-state index in [1.165, 1.54) is 6.08 Å². The molecule has 0 rings (SSSR count). The maximum absolute atomic E-state index is 11.3. The molecule has 0 unspecified atom stereocenters. The molecule has 15 heavy (non-hydrogen) atoms. The third kappa shape index (κ3) is 6.56. The number of hydrogen-bond donors (Lipinski definition) is 3. The fraction of sp³-hybridized carbons (Fsp3) is 0.333. The molecule has 0 bridgehead atoms. The number of allylic oxidation sites excluding steroid dienone is 2. The van der Waals surface area contributed by atoms with Gasteiger partial charge < -0.3 is 15.8 Å². The first kappa shape index (κ1) is 13.5. The second-order valence-corrected chi connectivity index (χ2v) is 3.13. The van der Waals surface area contributed by atoms with Crippen molar-refractivity contribution in [2.75, 3.05) is 6.61 Å². The van der Waals surface area contributed by atoms with E-state index in [1.807, 2.05) is 0 Å². The van der Waals surface area contributed by atoms with Crippen molar-refractivity contribution in [2.45, 2.75) is 13.3 Å². The fourth-order valence-electron chi connectivity index (χ4n) is 0.752. The highest BCUT2D eigenvalue weighted by Crippen LogP contribution is 2.06. The van der Waals surface area contributed by atoms with Gasteiger partial charge in [-0.15, -0.1) is 0 Å². The Labute approximate surface area is 93.4 Å². The predicted molar refractivity (Wildman–Crippen MR) is 59.4 cm³/mol. The number of esters is 1. The summed E-state index contributed by atoms with van der Waals surface area (Å²) in [6.07, 6.45) is 1.77. The quantitative estimate of drug-likeness (QED) is 0.286. The molecule has 0 aromatic heterocycles. The molecule has 0 aliphatic heterocycles. The van der Waals surface area contributed by atoms with Crippen LogP contribution in [0.3, 0.4) is 0 Å². The highest BCUT2D eigenvalue weighted by Gasteiger charge is 2.10. The molecule has 84 valence electrons. The van der Waals surface area contributed by atoms with Crippen molar-refractivity contribution in [2.24, 2.45) is 5.73 Å². The molecule has 0 saturated carbocycles. The lowest BCUT2D eigenvalue weighted by Crippen LogP contribution is -2.33. The van der Waals surface area contributed by atoms with Crippen molar-refractivity contribution in [3.8, 4) is 0 Å². The van der Waals surface area contributed by atoms with Crippen LogP contribution in [-0.4, -0.2) is 18.5 Å². The van der Waals surface area contributed by atoms with Gasteiger partial charge in [0.15, 0.2) is 5.96 Å². The summed E-state index contributed by atoms with van der Waals surface area (Å²) in [5, 5.41) is 9.74. The molecular weight excluding hydrogens is 218 g/mol. The molecular formula is C9H14ClN3O2. The van der Waals surface area contributed by atoms with Gasteiger partial charge in [-0.05, 0) is 13.0 Å². The van der Waals surface area contributed by atoms with E-state index in [1.54, 1.807) is 6.92 Å². The lowest BCUT2D eigenvalue weighted by molar-refractivity contribution is -0.138. The molecule has 0 aromatic carbocycles. The Kier molecular flexibility index (Phi) is 6.21. The number of halogens is 1. The zero-order valence-corrected chi connectivity index (χ0v) is 9.23. The number of carbonyl (C=O) groups excluding carboxylic acids is 1. The molecule has 0 aromatic rings. The van der Waals surface area contributed by atoms with Crippen LogP contribution in [-0.2, 0) is 9.53 Å². The van der Waals surface area contributed by atoms with E-state index >= 15 is 0 Å². The summed E-state index contributed by atoms with van der Waals surface area (Å²) in [5.74, 6) is -0.917. The average Bonchev–Trinajstić information content (AvgIpc) is 2.11. The first-order valence-electron chi connectivity index (χ1n) is 4.29. The largest absolute Gasteiger partial charge is 0.461 e. The molecule has 0 aliphatic rings. The predicted octanol–water partition coefficient (Wildman–Crippen LogP) is 1.06. The van der Waals surface area contributed by atoms with Crippen LogP contribution in [0.5, 0.6) is 0 Å². The van der Waals surface area contributed by atoms with E-state index in [4.69, 9.17) is 27.5 Å². The minimum Gasteiger partial charge on any atom is -0.461 e. The third-order valence-electron chi connectivity index (χ3n) is 1.29. The van der Waals surface area contributed by atoms with Crippen molar-refractivity contribution in [1.82, 2.24) is 5.32 Å². The molecule has 0 radical (unpaired) electrons. The summed E-state index contributed by atoms with van der Waals surface area (Å²) in [6, 6.07) is 0. The molecule has 0 aliphatic carbocycles. The number of nitrogens with one attached hydrogen (secondary N) is 2. The maximum Gasteiger partial charge on any atom is 0.354 e. The number of hydrogen-bond acceptors (Lipinski definition) is 3. The topological polar surface area (TPSA) is 88.2 Å². The number of rotatable bonds is 5. The van der Waals surface area contributed by atoms with Gasteiger partial charge in [0.25, 0.3) is 0 Å². The van der Waals surface area contributed by atoms with E-state index in [2.05, 4.69) is 11.9 Å². The molecule has 5 nitrogen and oxygen atoms in total. The van der Waals surface area contributed by atoms with Gasteiger partial charge in [-0.25, -0.2) is 4.79 Å².